The standard InChI is InChI=1S/C34H26N2O/c1-3-11-28(12-4-1)29-17-19-30(20-18-29)31-24-35-36(25-31)32-13-7-9-26(22-32)21-27-10-8-16-34(23-27)37-33-14-5-2-6-15-33/h1-20,22-25H,21H2. The summed E-state index contributed by atoms with van der Waals surface area (Å²) in [5.41, 5.74) is 8.14. The SMILES string of the molecule is c1ccc(Oc2cccc(Cc3cccc(-n4cc(-c5ccc(-c6ccccc6)cc5)cn4)c3)c2)cc1. The van der Waals surface area contributed by atoms with Crippen molar-refractivity contribution in [3.05, 3.63) is 157 Å². The van der Waals surface area contributed by atoms with Gasteiger partial charge in [-0.25, -0.2) is 4.68 Å². The summed E-state index contributed by atoms with van der Waals surface area (Å²) in [6.07, 6.45) is 4.83. The number of ether oxygens (including phenoxy) is 1. The largest absolute Gasteiger partial charge is 0.457 e. The molecule has 5 aromatic carbocycles. The lowest BCUT2D eigenvalue weighted by molar-refractivity contribution is 0.482. The number of benzene rings is 5. The molecule has 0 atom stereocenters. The Morgan fingerprint density at radius 1 is 0.514 bits per heavy atom. The summed E-state index contributed by atoms with van der Waals surface area (Å²) in [7, 11) is 0. The summed E-state index contributed by atoms with van der Waals surface area (Å²) in [5, 5.41) is 4.65. The second-order valence-electron chi connectivity index (χ2n) is 9.03. The van der Waals surface area contributed by atoms with Crippen molar-refractivity contribution < 1.29 is 4.74 Å². The predicted octanol–water partition coefficient (Wildman–Crippen LogP) is 8.59. The van der Waals surface area contributed by atoms with Crippen LogP contribution >= 0.6 is 0 Å². The molecule has 1 aromatic heterocycles. The zero-order valence-electron chi connectivity index (χ0n) is 20.4. The van der Waals surface area contributed by atoms with Gasteiger partial charge in [0.25, 0.3) is 0 Å². The van der Waals surface area contributed by atoms with E-state index in [0.29, 0.717) is 0 Å². The number of hydrogen-bond acceptors (Lipinski definition) is 2. The summed E-state index contributed by atoms with van der Waals surface area (Å²) in [4.78, 5) is 0. The zero-order valence-corrected chi connectivity index (χ0v) is 20.4. The minimum atomic E-state index is 0.814. The Morgan fingerprint density at radius 2 is 1.11 bits per heavy atom. The molecule has 37 heavy (non-hydrogen) atoms. The molecular weight excluding hydrogens is 452 g/mol. The number of aromatic nitrogens is 2. The second kappa shape index (κ2) is 10.4. The van der Waals surface area contributed by atoms with Gasteiger partial charge in [-0.1, -0.05) is 97.1 Å². The first kappa shape index (κ1) is 22.6. The highest BCUT2D eigenvalue weighted by molar-refractivity contribution is 5.70. The third-order valence-corrected chi connectivity index (χ3v) is 6.37. The summed E-state index contributed by atoms with van der Waals surface area (Å²) >= 11 is 0. The number of nitrogens with zero attached hydrogens (tertiary/aromatic N) is 2. The van der Waals surface area contributed by atoms with E-state index in [9.17, 15) is 0 Å². The van der Waals surface area contributed by atoms with Crippen molar-refractivity contribution in [2.75, 3.05) is 0 Å². The van der Waals surface area contributed by atoms with Crippen molar-refractivity contribution >= 4 is 0 Å². The highest BCUT2D eigenvalue weighted by Crippen LogP contribution is 2.26. The summed E-state index contributed by atoms with van der Waals surface area (Å²) < 4.78 is 7.96. The molecule has 0 N–H and O–H groups in total. The lowest BCUT2D eigenvalue weighted by Crippen LogP contribution is -1.96. The Hall–Kier alpha value is -4.89. The Morgan fingerprint density at radius 3 is 1.86 bits per heavy atom. The maximum Gasteiger partial charge on any atom is 0.127 e. The second-order valence-corrected chi connectivity index (χ2v) is 9.03. The van der Waals surface area contributed by atoms with Crippen molar-refractivity contribution in [2.45, 2.75) is 6.42 Å². The highest BCUT2D eigenvalue weighted by Gasteiger charge is 2.07. The third-order valence-electron chi connectivity index (χ3n) is 6.37. The molecule has 6 rings (SSSR count). The number of rotatable bonds is 7. The molecule has 0 fully saturated rings. The summed E-state index contributed by atoms with van der Waals surface area (Å²) in [6.45, 7) is 0. The summed E-state index contributed by atoms with van der Waals surface area (Å²) in [5.74, 6) is 1.68. The molecular formula is C34H26N2O. The van der Waals surface area contributed by atoms with Crippen LogP contribution in [-0.4, -0.2) is 9.78 Å². The van der Waals surface area contributed by atoms with Crippen molar-refractivity contribution in [1.82, 2.24) is 9.78 Å². The van der Waals surface area contributed by atoms with Crippen molar-refractivity contribution in [2.24, 2.45) is 0 Å². The summed E-state index contributed by atoms with van der Waals surface area (Å²) in [6, 6.07) is 45.7. The lowest BCUT2D eigenvalue weighted by Gasteiger charge is -2.09. The van der Waals surface area contributed by atoms with Gasteiger partial charge in [0.15, 0.2) is 0 Å². The van der Waals surface area contributed by atoms with Gasteiger partial charge in [-0.3, -0.25) is 0 Å². The molecule has 3 nitrogen and oxygen atoms in total. The maximum atomic E-state index is 6.01. The molecule has 0 bridgehead atoms. The minimum absolute atomic E-state index is 0.814. The monoisotopic (exact) mass is 478 g/mol. The maximum absolute atomic E-state index is 6.01. The molecule has 0 radical (unpaired) electrons. The topological polar surface area (TPSA) is 27.1 Å². The van der Waals surface area contributed by atoms with E-state index in [0.717, 1.165) is 34.7 Å². The average Bonchev–Trinajstić information content (AvgIpc) is 3.45. The van der Waals surface area contributed by atoms with E-state index in [1.165, 1.54) is 22.3 Å². The Bertz CT molecular complexity index is 1600. The van der Waals surface area contributed by atoms with Gasteiger partial charge in [0.2, 0.25) is 0 Å². The first-order chi connectivity index (χ1) is 18.3. The normalized spacial score (nSPS) is 10.8. The van der Waals surface area contributed by atoms with Crippen LogP contribution in [0.3, 0.4) is 0 Å². The molecule has 6 aromatic rings. The molecule has 0 aliphatic rings. The van der Waals surface area contributed by atoms with Gasteiger partial charge < -0.3 is 4.74 Å². The Labute approximate surface area is 217 Å². The van der Waals surface area contributed by atoms with E-state index >= 15 is 0 Å². The van der Waals surface area contributed by atoms with Gasteiger partial charge in [0, 0.05) is 11.8 Å². The fourth-order valence-electron chi connectivity index (χ4n) is 4.49. The molecule has 0 saturated carbocycles. The molecule has 0 unspecified atom stereocenters. The van der Waals surface area contributed by atoms with Gasteiger partial charge in [-0.15, -0.1) is 0 Å². The van der Waals surface area contributed by atoms with Crippen LogP contribution in [0.25, 0.3) is 27.9 Å². The van der Waals surface area contributed by atoms with Crippen LogP contribution < -0.4 is 4.74 Å². The molecule has 178 valence electrons. The predicted molar refractivity (Wildman–Crippen MR) is 150 cm³/mol. The van der Waals surface area contributed by atoms with E-state index in [4.69, 9.17) is 4.74 Å². The van der Waals surface area contributed by atoms with Crippen molar-refractivity contribution in [3.8, 4) is 39.4 Å². The van der Waals surface area contributed by atoms with Crippen LogP contribution in [0.5, 0.6) is 11.5 Å². The first-order valence-electron chi connectivity index (χ1n) is 12.4. The van der Waals surface area contributed by atoms with Crippen LogP contribution in [-0.2, 0) is 6.42 Å². The van der Waals surface area contributed by atoms with Crippen LogP contribution in [0.1, 0.15) is 11.1 Å². The van der Waals surface area contributed by atoms with Gasteiger partial charge in [0.1, 0.15) is 11.5 Å². The van der Waals surface area contributed by atoms with E-state index in [-0.39, 0.29) is 0 Å². The minimum Gasteiger partial charge on any atom is -0.457 e. The molecule has 0 aliphatic heterocycles. The quantitative estimate of drug-likeness (QED) is 0.230. The molecule has 0 spiro atoms. The van der Waals surface area contributed by atoms with Crippen LogP contribution in [0.4, 0.5) is 0 Å². The Balaban J connectivity index is 1.18. The van der Waals surface area contributed by atoms with Crippen LogP contribution in [0.2, 0.25) is 0 Å². The lowest BCUT2D eigenvalue weighted by atomic mass is 10.0. The molecule has 0 saturated heterocycles. The first-order valence-corrected chi connectivity index (χ1v) is 12.4. The van der Waals surface area contributed by atoms with Gasteiger partial charge in [0.05, 0.1) is 11.9 Å². The van der Waals surface area contributed by atoms with Crippen molar-refractivity contribution in [1.29, 1.82) is 0 Å². The highest BCUT2D eigenvalue weighted by atomic mass is 16.5. The third kappa shape index (κ3) is 5.36. The van der Waals surface area contributed by atoms with Crippen molar-refractivity contribution in [3.63, 3.8) is 0 Å². The molecule has 0 amide bonds. The van der Waals surface area contributed by atoms with Gasteiger partial charge in [-0.2, -0.15) is 5.10 Å². The van der Waals surface area contributed by atoms with Crippen LogP contribution in [0.15, 0.2) is 146 Å². The smallest absolute Gasteiger partial charge is 0.127 e. The van der Waals surface area contributed by atoms with E-state index in [1.54, 1.807) is 0 Å². The average molecular weight is 479 g/mol. The Kier molecular flexibility index (Phi) is 6.33. The number of para-hydroxylation sites is 1. The van der Waals surface area contributed by atoms with E-state index < -0.39 is 0 Å². The van der Waals surface area contributed by atoms with Gasteiger partial charge >= 0.3 is 0 Å². The number of hydrogen-bond donors (Lipinski definition) is 0. The molecule has 0 aliphatic carbocycles. The molecule has 3 heteroatoms. The van der Waals surface area contributed by atoms with E-state index in [2.05, 4.69) is 96.2 Å². The zero-order chi connectivity index (χ0) is 24.9. The molecule has 1 heterocycles. The van der Waals surface area contributed by atoms with Crippen LogP contribution in [0, 0.1) is 0 Å². The fraction of sp³-hybridized carbons (Fsp3) is 0.0294. The van der Waals surface area contributed by atoms with Gasteiger partial charge in [-0.05, 0) is 70.6 Å². The van der Waals surface area contributed by atoms with E-state index in [1.807, 2.05) is 59.4 Å². The fourth-order valence-corrected chi connectivity index (χ4v) is 4.49.